The minimum Gasteiger partial charge on any atom is -0.490 e. The lowest BCUT2D eigenvalue weighted by molar-refractivity contribution is -0.386. The van der Waals surface area contributed by atoms with Crippen molar-refractivity contribution in [1.82, 2.24) is 9.97 Å². The number of hydrogen-bond donors (Lipinski definition) is 3. The Morgan fingerprint density at radius 2 is 2.00 bits per heavy atom. The third-order valence-electron chi connectivity index (χ3n) is 3.21. The van der Waals surface area contributed by atoms with Crippen molar-refractivity contribution in [3.8, 4) is 11.5 Å². The zero-order chi connectivity index (χ0) is 20.0. The van der Waals surface area contributed by atoms with Gasteiger partial charge in [-0.2, -0.15) is 0 Å². The molecule has 2 rings (SSSR count). The number of aromatic amines is 2. The number of nitro groups is 1. The summed E-state index contributed by atoms with van der Waals surface area (Å²) < 4.78 is 10.6. The largest absolute Gasteiger partial charge is 0.490 e. The van der Waals surface area contributed by atoms with Gasteiger partial charge in [0.1, 0.15) is 5.69 Å². The molecule has 1 aromatic carbocycles. The monoisotopic (exact) mass is 377 g/mol. The van der Waals surface area contributed by atoms with Gasteiger partial charge in [-0.3, -0.25) is 19.9 Å². The van der Waals surface area contributed by atoms with E-state index >= 15 is 0 Å². The number of nitrogens with zero attached hydrogens (tertiary/aromatic N) is 1. The highest BCUT2D eigenvalue weighted by Crippen LogP contribution is 2.33. The lowest BCUT2D eigenvalue weighted by atomic mass is 10.1. The topological polar surface area (TPSA) is 165 Å². The summed E-state index contributed by atoms with van der Waals surface area (Å²) in [7, 11) is 0. The number of carbonyl (C=O) groups is 1. The fourth-order valence-electron chi connectivity index (χ4n) is 2.19. The molecule has 0 radical (unpaired) electrons. The fraction of sp³-hybridized carbons (Fsp3) is 0.188. The molecule has 0 bridgehead atoms. The van der Waals surface area contributed by atoms with E-state index in [1.54, 1.807) is 30.1 Å². The van der Waals surface area contributed by atoms with Crippen LogP contribution in [0.15, 0.2) is 27.8 Å². The molecule has 0 fully saturated rings. The average molecular weight is 377 g/mol. The molecule has 0 saturated heterocycles. The first-order chi connectivity index (χ1) is 12.8. The van der Waals surface area contributed by atoms with Crippen molar-refractivity contribution in [1.29, 1.82) is 0 Å². The van der Waals surface area contributed by atoms with Crippen LogP contribution in [0, 0.1) is 10.1 Å². The lowest BCUT2D eigenvalue weighted by Crippen LogP contribution is -2.25. The predicted molar refractivity (Wildman–Crippen MR) is 94.0 cm³/mol. The summed E-state index contributed by atoms with van der Waals surface area (Å²) >= 11 is 0. The van der Waals surface area contributed by atoms with E-state index in [0.29, 0.717) is 12.2 Å². The quantitative estimate of drug-likeness (QED) is 0.453. The molecule has 0 atom stereocenters. The number of carboxylic acid groups (broad SMARTS) is 1. The van der Waals surface area contributed by atoms with Crippen LogP contribution in [0.4, 0.5) is 5.69 Å². The van der Waals surface area contributed by atoms with E-state index in [1.807, 2.05) is 0 Å². The van der Waals surface area contributed by atoms with Gasteiger partial charge >= 0.3 is 22.9 Å². The molecule has 0 aliphatic rings. The molecule has 11 heteroatoms. The first kappa shape index (κ1) is 19.4. The highest BCUT2D eigenvalue weighted by molar-refractivity contribution is 5.76. The van der Waals surface area contributed by atoms with Crippen LogP contribution in [-0.4, -0.2) is 39.2 Å². The Kier molecular flexibility index (Phi) is 6.10. The zero-order valence-corrected chi connectivity index (χ0v) is 14.1. The Morgan fingerprint density at radius 3 is 2.63 bits per heavy atom. The maximum absolute atomic E-state index is 11.6. The van der Waals surface area contributed by atoms with Crippen LogP contribution in [-0.2, 0) is 4.79 Å². The first-order valence-electron chi connectivity index (χ1n) is 7.63. The minimum absolute atomic E-state index is 0.104. The van der Waals surface area contributed by atoms with Gasteiger partial charge in [0, 0.05) is 5.56 Å². The van der Waals surface area contributed by atoms with E-state index in [9.17, 15) is 24.5 Å². The normalized spacial score (nSPS) is 10.7. The molecule has 1 heterocycles. The highest BCUT2D eigenvalue weighted by Gasteiger charge is 2.19. The molecular formula is C16H15N3O8. The van der Waals surface area contributed by atoms with E-state index in [0.717, 1.165) is 6.08 Å². The number of rotatable bonds is 8. The van der Waals surface area contributed by atoms with Crippen molar-refractivity contribution in [2.75, 3.05) is 13.2 Å². The van der Waals surface area contributed by atoms with Crippen LogP contribution in [0.3, 0.4) is 0 Å². The standard InChI is InChI=1S/C16H15N3O8/c1-2-26-11-5-3-4-9(14(11)27-8-12(20)21)6-7-10-13(19(24)25)15(22)18-16(23)17-10/h3-7H,2,8H2,1H3,(H,20,21)(H2,17,18,22,23)/b7-6+. The maximum atomic E-state index is 11.6. The van der Waals surface area contributed by atoms with Gasteiger partial charge in [-0.1, -0.05) is 12.1 Å². The number of hydrogen-bond acceptors (Lipinski definition) is 7. The minimum atomic E-state index is -1.20. The summed E-state index contributed by atoms with van der Waals surface area (Å²) in [6.45, 7) is 1.39. The number of carboxylic acids is 1. The molecule has 1 aromatic heterocycles. The van der Waals surface area contributed by atoms with Gasteiger partial charge in [0.15, 0.2) is 18.1 Å². The molecule has 2 aromatic rings. The summed E-state index contributed by atoms with van der Waals surface area (Å²) in [6, 6.07) is 4.72. The number of ether oxygens (including phenoxy) is 2. The molecular weight excluding hydrogens is 362 g/mol. The summed E-state index contributed by atoms with van der Waals surface area (Å²) in [4.78, 5) is 47.9. The summed E-state index contributed by atoms with van der Waals surface area (Å²) in [6.07, 6.45) is 2.48. The SMILES string of the molecule is CCOc1cccc(/C=C/c2[nH]c(=O)[nH]c(=O)c2[N+](=O)[O-])c1OCC(=O)O. The van der Waals surface area contributed by atoms with E-state index in [-0.39, 0.29) is 17.2 Å². The number of H-pyrrole nitrogens is 2. The molecule has 0 amide bonds. The molecule has 142 valence electrons. The third-order valence-corrected chi connectivity index (χ3v) is 3.21. The molecule has 0 spiro atoms. The number of benzene rings is 1. The van der Waals surface area contributed by atoms with Gasteiger partial charge < -0.3 is 19.6 Å². The van der Waals surface area contributed by atoms with E-state index in [1.165, 1.54) is 6.08 Å². The predicted octanol–water partition coefficient (Wildman–Crippen LogP) is 1.00. The second kappa shape index (κ2) is 8.47. The smallest absolute Gasteiger partial charge is 0.357 e. The van der Waals surface area contributed by atoms with E-state index < -0.39 is 34.4 Å². The molecule has 3 N–H and O–H groups in total. The van der Waals surface area contributed by atoms with Gasteiger partial charge in [-0.05, 0) is 25.1 Å². The molecule has 27 heavy (non-hydrogen) atoms. The zero-order valence-electron chi connectivity index (χ0n) is 14.1. The molecule has 0 aliphatic heterocycles. The van der Waals surface area contributed by atoms with Gasteiger partial charge in [-0.15, -0.1) is 0 Å². The van der Waals surface area contributed by atoms with Crippen LogP contribution >= 0.6 is 0 Å². The number of para-hydroxylation sites is 1. The fourth-order valence-corrected chi connectivity index (χ4v) is 2.19. The van der Waals surface area contributed by atoms with Crippen molar-refractivity contribution >= 4 is 23.8 Å². The van der Waals surface area contributed by atoms with Crippen molar-refractivity contribution in [3.05, 3.63) is 60.4 Å². The van der Waals surface area contributed by atoms with Crippen LogP contribution < -0.4 is 20.7 Å². The van der Waals surface area contributed by atoms with Crippen molar-refractivity contribution in [2.24, 2.45) is 0 Å². The van der Waals surface area contributed by atoms with Crippen LogP contribution in [0.5, 0.6) is 11.5 Å². The van der Waals surface area contributed by atoms with E-state index in [2.05, 4.69) is 4.98 Å². The van der Waals surface area contributed by atoms with Gasteiger partial charge in [-0.25, -0.2) is 9.59 Å². The third kappa shape index (κ3) is 4.81. The van der Waals surface area contributed by atoms with Gasteiger partial charge in [0.05, 0.1) is 11.5 Å². The number of nitrogens with one attached hydrogen (secondary N) is 2. The Morgan fingerprint density at radius 1 is 1.26 bits per heavy atom. The van der Waals surface area contributed by atoms with Crippen molar-refractivity contribution < 1.29 is 24.3 Å². The molecule has 0 aliphatic carbocycles. The van der Waals surface area contributed by atoms with Crippen LogP contribution in [0.25, 0.3) is 12.2 Å². The Hall–Kier alpha value is -3.89. The Labute approximate surface area is 151 Å². The molecule has 0 unspecified atom stereocenters. The number of aliphatic carboxylic acids is 1. The first-order valence-corrected chi connectivity index (χ1v) is 7.63. The van der Waals surface area contributed by atoms with Crippen LogP contribution in [0.1, 0.15) is 18.2 Å². The summed E-state index contributed by atoms with van der Waals surface area (Å²) in [5.41, 5.74) is -2.87. The highest BCUT2D eigenvalue weighted by atomic mass is 16.6. The second-order valence-electron chi connectivity index (χ2n) is 5.05. The van der Waals surface area contributed by atoms with Crippen LogP contribution in [0.2, 0.25) is 0 Å². The van der Waals surface area contributed by atoms with Gasteiger partial charge in [0.25, 0.3) is 0 Å². The van der Waals surface area contributed by atoms with E-state index in [4.69, 9.17) is 14.6 Å². The molecule has 11 nitrogen and oxygen atoms in total. The maximum Gasteiger partial charge on any atom is 0.357 e. The molecule has 0 saturated carbocycles. The lowest BCUT2D eigenvalue weighted by Gasteiger charge is -2.13. The van der Waals surface area contributed by atoms with Crippen molar-refractivity contribution in [2.45, 2.75) is 6.92 Å². The average Bonchev–Trinajstić information content (AvgIpc) is 2.58. The number of aromatic nitrogens is 2. The van der Waals surface area contributed by atoms with Crippen molar-refractivity contribution in [3.63, 3.8) is 0 Å². The van der Waals surface area contributed by atoms with Gasteiger partial charge in [0.2, 0.25) is 0 Å². The Balaban J connectivity index is 2.52. The second-order valence-corrected chi connectivity index (χ2v) is 5.05. The summed E-state index contributed by atoms with van der Waals surface area (Å²) in [5.74, 6) is -0.826. The summed E-state index contributed by atoms with van der Waals surface area (Å²) in [5, 5.41) is 19.9. The Bertz CT molecular complexity index is 1010.